The van der Waals surface area contributed by atoms with E-state index >= 15 is 0 Å². The Labute approximate surface area is 167 Å². The summed E-state index contributed by atoms with van der Waals surface area (Å²) in [7, 11) is 3.23. The molecular weight excluding hydrogens is 352 g/mol. The van der Waals surface area contributed by atoms with Crippen LogP contribution < -0.4 is 9.47 Å². The molecule has 1 saturated heterocycles. The van der Waals surface area contributed by atoms with Crippen LogP contribution in [0.5, 0.6) is 11.5 Å². The summed E-state index contributed by atoms with van der Waals surface area (Å²) in [4.78, 5) is 17.0. The molecule has 0 aliphatic carbocycles. The van der Waals surface area contributed by atoms with E-state index in [2.05, 4.69) is 29.2 Å². The molecule has 1 aliphatic heterocycles. The third-order valence-corrected chi connectivity index (χ3v) is 4.94. The van der Waals surface area contributed by atoms with E-state index in [-0.39, 0.29) is 5.91 Å². The summed E-state index contributed by atoms with van der Waals surface area (Å²) in [5, 5.41) is 0. The molecule has 2 aromatic carbocycles. The van der Waals surface area contributed by atoms with Crippen LogP contribution in [0.1, 0.15) is 17.5 Å². The van der Waals surface area contributed by atoms with E-state index in [9.17, 15) is 4.79 Å². The number of ether oxygens (including phenoxy) is 2. The molecule has 0 spiro atoms. The SMILES string of the molecule is COc1cc(/C=C/C(=O)N2CCCN(Cc3ccccc3)CC2)cc(OC)c1. The van der Waals surface area contributed by atoms with Gasteiger partial charge < -0.3 is 14.4 Å². The predicted octanol–water partition coefficient (Wildman–Crippen LogP) is 3.45. The van der Waals surface area contributed by atoms with Gasteiger partial charge in [-0.25, -0.2) is 0 Å². The molecule has 0 unspecified atom stereocenters. The van der Waals surface area contributed by atoms with Gasteiger partial charge in [0.05, 0.1) is 14.2 Å². The third kappa shape index (κ3) is 5.60. The maximum absolute atomic E-state index is 12.7. The predicted molar refractivity (Wildman–Crippen MR) is 111 cm³/mol. The van der Waals surface area contributed by atoms with Crippen LogP contribution in [-0.4, -0.2) is 56.1 Å². The number of hydrogen-bond donors (Lipinski definition) is 0. The highest BCUT2D eigenvalue weighted by atomic mass is 16.5. The monoisotopic (exact) mass is 380 g/mol. The molecule has 0 radical (unpaired) electrons. The van der Waals surface area contributed by atoms with Gasteiger partial charge >= 0.3 is 0 Å². The first-order chi connectivity index (χ1) is 13.7. The van der Waals surface area contributed by atoms with Gasteiger partial charge in [-0.1, -0.05) is 30.3 Å². The van der Waals surface area contributed by atoms with Crippen molar-refractivity contribution in [1.82, 2.24) is 9.80 Å². The minimum absolute atomic E-state index is 0.0448. The van der Waals surface area contributed by atoms with Crippen molar-refractivity contribution in [1.29, 1.82) is 0 Å². The van der Waals surface area contributed by atoms with Crippen molar-refractivity contribution < 1.29 is 14.3 Å². The second-order valence-corrected chi connectivity index (χ2v) is 6.92. The minimum atomic E-state index is 0.0448. The van der Waals surface area contributed by atoms with Gasteiger partial charge in [-0.2, -0.15) is 0 Å². The Kier molecular flexibility index (Phi) is 7.09. The van der Waals surface area contributed by atoms with Gasteiger partial charge in [0.1, 0.15) is 11.5 Å². The molecule has 5 nitrogen and oxygen atoms in total. The smallest absolute Gasteiger partial charge is 0.246 e. The fourth-order valence-electron chi connectivity index (χ4n) is 3.39. The Morgan fingerprint density at radius 3 is 2.36 bits per heavy atom. The van der Waals surface area contributed by atoms with Crippen molar-refractivity contribution >= 4 is 12.0 Å². The summed E-state index contributed by atoms with van der Waals surface area (Å²) < 4.78 is 10.6. The van der Waals surface area contributed by atoms with Crippen molar-refractivity contribution in [3.05, 3.63) is 65.7 Å². The lowest BCUT2D eigenvalue weighted by atomic mass is 10.2. The fourth-order valence-corrected chi connectivity index (χ4v) is 3.39. The highest BCUT2D eigenvalue weighted by molar-refractivity contribution is 5.91. The van der Waals surface area contributed by atoms with Crippen LogP contribution in [0.2, 0.25) is 0 Å². The van der Waals surface area contributed by atoms with E-state index < -0.39 is 0 Å². The molecule has 0 N–H and O–H groups in total. The zero-order valence-electron chi connectivity index (χ0n) is 16.6. The van der Waals surface area contributed by atoms with Gasteiger partial charge in [-0.05, 0) is 35.8 Å². The fraction of sp³-hybridized carbons (Fsp3) is 0.348. The zero-order chi connectivity index (χ0) is 19.8. The van der Waals surface area contributed by atoms with Crippen molar-refractivity contribution in [2.45, 2.75) is 13.0 Å². The summed E-state index contributed by atoms with van der Waals surface area (Å²) >= 11 is 0. The summed E-state index contributed by atoms with van der Waals surface area (Å²) in [6.07, 6.45) is 4.44. The molecule has 0 saturated carbocycles. The maximum Gasteiger partial charge on any atom is 0.246 e. The lowest BCUT2D eigenvalue weighted by Crippen LogP contribution is -2.34. The lowest BCUT2D eigenvalue weighted by Gasteiger charge is -2.21. The number of rotatable bonds is 6. The number of carbonyl (C=O) groups is 1. The van der Waals surface area contributed by atoms with Crippen LogP contribution in [0.25, 0.3) is 6.08 Å². The van der Waals surface area contributed by atoms with Crippen molar-refractivity contribution in [3.63, 3.8) is 0 Å². The molecule has 3 rings (SSSR count). The Morgan fingerprint density at radius 2 is 1.68 bits per heavy atom. The second kappa shape index (κ2) is 9.95. The van der Waals surface area contributed by atoms with E-state index in [1.54, 1.807) is 20.3 Å². The quantitative estimate of drug-likeness (QED) is 0.720. The zero-order valence-corrected chi connectivity index (χ0v) is 16.6. The first-order valence-electron chi connectivity index (χ1n) is 9.64. The Bertz CT molecular complexity index is 782. The topological polar surface area (TPSA) is 42.0 Å². The van der Waals surface area contributed by atoms with E-state index in [4.69, 9.17) is 9.47 Å². The van der Waals surface area contributed by atoms with E-state index in [0.29, 0.717) is 11.5 Å². The summed E-state index contributed by atoms with van der Waals surface area (Å²) in [6.45, 7) is 4.37. The molecule has 1 fully saturated rings. The van der Waals surface area contributed by atoms with Crippen LogP contribution in [-0.2, 0) is 11.3 Å². The molecule has 0 aromatic heterocycles. The highest BCUT2D eigenvalue weighted by Crippen LogP contribution is 2.23. The van der Waals surface area contributed by atoms with Gasteiger partial charge in [0.25, 0.3) is 0 Å². The van der Waals surface area contributed by atoms with Crippen LogP contribution in [0, 0.1) is 0 Å². The molecule has 0 atom stereocenters. The first-order valence-corrected chi connectivity index (χ1v) is 9.64. The average molecular weight is 380 g/mol. The number of amides is 1. The van der Waals surface area contributed by atoms with Crippen molar-refractivity contribution in [2.24, 2.45) is 0 Å². The highest BCUT2D eigenvalue weighted by Gasteiger charge is 2.17. The van der Waals surface area contributed by atoms with Crippen LogP contribution in [0.4, 0.5) is 0 Å². The van der Waals surface area contributed by atoms with Crippen LogP contribution >= 0.6 is 0 Å². The van der Waals surface area contributed by atoms with Crippen molar-refractivity contribution in [3.8, 4) is 11.5 Å². The Hall–Kier alpha value is -2.79. The molecule has 1 aliphatic rings. The molecule has 28 heavy (non-hydrogen) atoms. The normalized spacial score (nSPS) is 15.4. The summed E-state index contributed by atoms with van der Waals surface area (Å²) in [6, 6.07) is 16.1. The number of nitrogens with zero attached hydrogens (tertiary/aromatic N) is 2. The number of benzene rings is 2. The van der Waals surface area contributed by atoms with Gasteiger partial charge in [0, 0.05) is 44.9 Å². The van der Waals surface area contributed by atoms with Crippen LogP contribution in [0.15, 0.2) is 54.6 Å². The Morgan fingerprint density at radius 1 is 0.964 bits per heavy atom. The van der Waals surface area contributed by atoms with Crippen LogP contribution in [0.3, 0.4) is 0 Å². The molecule has 5 heteroatoms. The minimum Gasteiger partial charge on any atom is -0.497 e. The average Bonchev–Trinajstić information content (AvgIpc) is 2.98. The standard InChI is InChI=1S/C23H28N2O3/c1-27-21-15-20(16-22(17-21)28-2)9-10-23(26)25-12-6-11-24(13-14-25)18-19-7-4-3-5-8-19/h3-5,7-10,15-17H,6,11-14,18H2,1-2H3/b10-9+. The second-order valence-electron chi connectivity index (χ2n) is 6.92. The van der Waals surface area contributed by atoms with E-state index in [0.717, 1.165) is 44.7 Å². The molecular formula is C23H28N2O3. The molecule has 2 aromatic rings. The lowest BCUT2D eigenvalue weighted by molar-refractivity contribution is -0.125. The van der Waals surface area contributed by atoms with Gasteiger partial charge in [-0.3, -0.25) is 9.69 Å². The van der Waals surface area contributed by atoms with E-state index in [1.807, 2.05) is 35.2 Å². The van der Waals surface area contributed by atoms with Gasteiger partial charge in [0.15, 0.2) is 0 Å². The van der Waals surface area contributed by atoms with Gasteiger partial charge in [0.2, 0.25) is 5.91 Å². The first kappa shape index (κ1) is 20.0. The maximum atomic E-state index is 12.7. The third-order valence-electron chi connectivity index (χ3n) is 4.94. The van der Waals surface area contributed by atoms with Gasteiger partial charge in [-0.15, -0.1) is 0 Å². The Balaban J connectivity index is 1.58. The molecule has 0 bridgehead atoms. The molecule has 1 amide bonds. The summed E-state index contributed by atoms with van der Waals surface area (Å²) in [5.41, 5.74) is 2.19. The number of hydrogen-bond acceptors (Lipinski definition) is 4. The van der Waals surface area contributed by atoms with Crippen molar-refractivity contribution in [2.75, 3.05) is 40.4 Å². The number of methoxy groups -OCH3 is 2. The number of carbonyl (C=O) groups excluding carboxylic acids is 1. The molecule has 1 heterocycles. The van der Waals surface area contributed by atoms with E-state index in [1.165, 1.54) is 5.56 Å². The molecule has 148 valence electrons. The summed E-state index contributed by atoms with van der Waals surface area (Å²) in [5.74, 6) is 1.46. The largest absolute Gasteiger partial charge is 0.497 e.